The van der Waals surface area contributed by atoms with Gasteiger partial charge in [0.15, 0.2) is 0 Å². The number of hydrogen-bond donors (Lipinski definition) is 2. The van der Waals surface area contributed by atoms with E-state index in [2.05, 4.69) is 47.2 Å². The van der Waals surface area contributed by atoms with Crippen molar-refractivity contribution >= 4 is 32.9 Å². The summed E-state index contributed by atoms with van der Waals surface area (Å²) in [7, 11) is 2.54. The molecule has 11 nitrogen and oxygen atoms in total. The van der Waals surface area contributed by atoms with Gasteiger partial charge in [0.1, 0.15) is 5.75 Å². The van der Waals surface area contributed by atoms with E-state index in [4.69, 9.17) is 4.74 Å². The fourth-order valence-corrected chi connectivity index (χ4v) is 11.2. The molecule has 0 spiro atoms. The van der Waals surface area contributed by atoms with Crippen molar-refractivity contribution in [1.29, 1.82) is 0 Å². The molecule has 1 aromatic heterocycles. The first kappa shape index (κ1) is 34.6. The Morgan fingerprint density at radius 2 is 1.65 bits per heavy atom. The molecule has 4 fully saturated rings. The molecule has 8 rings (SSSR count). The molecule has 51 heavy (non-hydrogen) atoms. The fraction of sp³-hybridized carbons (Fsp3) is 0.590. The van der Waals surface area contributed by atoms with Crippen LogP contribution < -0.4 is 9.46 Å². The number of nitrogens with zero attached hydrogens (tertiary/aromatic N) is 4. The quantitative estimate of drug-likeness (QED) is 0.384. The highest BCUT2D eigenvalue weighted by molar-refractivity contribution is 7.87. The number of benzene rings is 2. The second-order valence-electron chi connectivity index (χ2n) is 17.0. The van der Waals surface area contributed by atoms with Crippen molar-refractivity contribution in [2.45, 2.75) is 76.9 Å². The van der Waals surface area contributed by atoms with Gasteiger partial charge >= 0.3 is 10.2 Å². The number of rotatable bonds is 6. The number of piperidine rings is 2. The summed E-state index contributed by atoms with van der Waals surface area (Å²) in [6.45, 7) is 7.08. The predicted octanol–water partition coefficient (Wildman–Crippen LogP) is 4.55. The van der Waals surface area contributed by atoms with Crippen LogP contribution in [0.2, 0.25) is 0 Å². The second-order valence-corrected chi connectivity index (χ2v) is 18.9. The van der Waals surface area contributed by atoms with Crippen LogP contribution in [0.25, 0.3) is 22.2 Å². The monoisotopic (exact) mass is 717 g/mol. The van der Waals surface area contributed by atoms with Gasteiger partial charge in [0.2, 0.25) is 5.91 Å². The minimum Gasteiger partial charge on any atom is -0.497 e. The normalized spacial score (nSPS) is 30.7. The van der Waals surface area contributed by atoms with Crippen LogP contribution in [0, 0.1) is 16.2 Å². The topological polar surface area (TPSA) is 124 Å². The Balaban J connectivity index is 1.30. The van der Waals surface area contributed by atoms with Gasteiger partial charge in [-0.15, -0.1) is 0 Å². The number of aromatic nitrogens is 1. The first-order valence-corrected chi connectivity index (χ1v) is 19.8. The SMILES string of the molecule is COc1ccc2c(c1)C1CC1(C(=O)N1C[C@@]3(C)CN(C)C[C@](C)(C1)C3O)Cn1c-2c(C2CCCCC2)c2ccc(C(=O)NS(=O)(=O)N(C)C)cc21. The molecular weight excluding hydrogens is 667 g/mol. The number of likely N-dealkylation sites (tertiary alicyclic amines) is 2. The summed E-state index contributed by atoms with van der Waals surface area (Å²) in [6, 6.07) is 11.8. The number of methoxy groups -OCH3 is 1. The fourth-order valence-electron chi connectivity index (χ4n) is 10.7. The Morgan fingerprint density at radius 1 is 0.961 bits per heavy atom. The Bertz CT molecular complexity index is 2030. The van der Waals surface area contributed by atoms with Gasteiger partial charge in [-0.25, -0.2) is 4.72 Å². The van der Waals surface area contributed by atoms with Crippen molar-refractivity contribution in [3.05, 3.63) is 53.1 Å². The molecule has 2 N–H and O–H groups in total. The van der Waals surface area contributed by atoms with E-state index in [1.807, 2.05) is 23.1 Å². The van der Waals surface area contributed by atoms with Crippen molar-refractivity contribution in [2.75, 3.05) is 54.4 Å². The van der Waals surface area contributed by atoms with Crippen molar-refractivity contribution in [3.8, 4) is 17.0 Å². The Hall–Kier alpha value is -3.45. The molecule has 5 aliphatic rings. The van der Waals surface area contributed by atoms with Gasteiger partial charge in [-0.05, 0) is 73.7 Å². The van der Waals surface area contributed by atoms with Crippen LogP contribution in [0.15, 0.2) is 36.4 Å². The van der Waals surface area contributed by atoms with Crippen LogP contribution in [-0.2, 0) is 21.5 Å². The molecule has 274 valence electrons. The standard InChI is InChI=1S/C39H51N5O6S/c1-37-19-42(5)20-38(2,35(37)46)22-43(21-37)36(47)39-18-30(39)29-17-26(50-6)13-15-27(29)33-32(24-10-8-7-9-11-24)28-14-12-25(16-31(28)44(33)23-39)34(45)40-51(48,49)41(3)4/h12-17,24,30,35,46H,7-11,18-23H2,1-6H3,(H,40,45)/t30?,37-,38-,39?/m1/s1. The number of aliphatic hydroxyl groups excluding tert-OH is 1. The number of carbonyl (C=O) groups excluding carboxylic acids is 2. The lowest BCUT2D eigenvalue weighted by atomic mass is 9.63. The number of fused-ring (bicyclic) bond motifs is 9. The summed E-state index contributed by atoms with van der Waals surface area (Å²) in [6.07, 6.45) is 5.82. The van der Waals surface area contributed by atoms with Gasteiger partial charge in [-0.3, -0.25) is 9.59 Å². The molecule has 2 saturated heterocycles. The highest BCUT2D eigenvalue weighted by atomic mass is 32.2. The summed E-state index contributed by atoms with van der Waals surface area (Å²) in [4.78, 5) is 33.0. The molecular formula is C39H51N5O6S. The largest absolute Gasteiger partial charge is 0.497 e. The lowest BCUT2D eigenvalue weighted by molar-refractivity contribution is -0.182. The third-order valence-electron chi connectivity index (χ3n) is 12.9. The number of aliphatic hydroxyl groups is 1. The molecule has 2 unspecified atom stereocenters. The van der Waals surface area contributed by atoms with E-state index < -0.39 is 38.5 Å². The highest BCUT2D eigenvalue weighted by Crippen LogP contribution is 2.66. The minimum atomic E-state index is -4.00. The number of carbonyl (C=O) groups is 2. The maximum absolute atomic E-state index is 15.2. The molecule has 3 aliphatic heterocycles. The maximum Gasteiger partial charge on any atom is 0.303 e. The molecule has 12 heteroatoms. The van der Waals surface area contributed by atoms with E-state index in [9.17, 15) is 18.3 Å². The molecule has 2 saturated carbocycles. The third kappa shape index (κ3) is 5.34. The van der Waals surface area contributed by atoms with E-state index in [1.165, 1.54) is 26.1 Å². The number of ether oxygens (including phenoxy) is 1. The lowest BCUT2D eigenvalue weighted by Crippen LogP contribution is -2.70. The summed E-state index contributed by atoms with van der Waals surface area (Å²) >= 11 is 0. The zero-order chi connectivity index (χ0) is 36.2. The molecule has 4 heterocycles. The van der Waals surface area contributed by atoms with E-state index >= 15 is 4.79 Å². The molecule has 2 aliphatic carbocycles. The molecule has 2 aromatic carbocycles. The highest BCUT2D eigenvalue weighted by Gasteiger charge is 2.66. The van der Waals surface area contributed by atoms with Crippen LogP contribution in [0.4, 0.5) is 0 Å². The molecule has 4 atom stereocenters. The van der Waals surface area contributed by atoms with Gasteiger partial charge in [0.05, 0.1) is 24.3 Å². The first-order valence-electron chi connectivity index (χ1n) is 18.4. The van der Waals surface area contributed by atoms with Gasteiger partial charge in [0, 0.05) is 85.6 Å². The first-order chi connectivity index (χ1) is 24.1. The third-order valence-corrected chi connectivity index (χ3v) is 14.3. The Labute approximate surface area is 301 Å². The summed E-state index contributed by atoms with van der Waals surface area (Å²) in [5.41, 5.74) is 4.04. The minimum absolute atomic E-state index is 0.0176. The average molecular weight is 718 g/mol. The average Bonchev–Trinajstić information content (AvgIpc) is 3.75. The number of hydrogen-bond acceptors (Lipinski definition) is 7. The van der Waals surface area contributed by atoms with Gasteiger partial charge < -0.3 is 24.2 Å². The maximum atomic E-state index is 15.2. The smallest absolute Gasteiger partial charge is 0.303 e. The Kier molecular flexibility index (Phi) is 8.00. The van der Waals surface area contributed by atoms with Crippen LogP contribution in [-0.4, -0.2) is 105 Å². The van der Waals surface area contributed by atoms with E-state index in [-0.39, 0.29) is 17.4 Å². The molecule has 0 radical (unpaired) electrons. The summed E-state index contributed by atoms with van der Waals surface area (Å²) in [5, 5.41) is 12.6. The summed E-state index contributed by atoms with van der Waals surface area (Å²) in [5.74, 6) is 0.484. The summed E-state index contributed by atoms with van der Waals surface area (Å²) < 4.78 is 36.5. The predicted molar refractivity (Wildman–Crippen MR) is 196 cm³/mol. The Morgan fingerprint density at radius 3 is 2.29 bits per heavy atom. The lowest BCUT2D eigenvalue weighted by Gasteiger charge is -2.59. The number of nitrogens with one attached hydrogen (secondary N) is 1. The van der Waals surface area contributed by atoms with E-state index in [0.717, 1.165) is 76.6 Å². The zero-order valence-corrected chi connectivity index (χ0v) is 31.5. The molecule has 3 aromatic rings. The number of amides is 2. The van der Waals surface area contributed by atoms with Crippen molar-refractivity contribution in [3.63, 3.8) is 0 Å². The second kappa shape index (κ2) is 11.8. The van der Waals surface area contributed by atoms with Gasteiger partial charge in [-0.1, -0.05) is 39.2 Å². The van der Waals surface area contributed by atoms with Gasteiger partial charge in [0.25, 0.3) is 5.91 Å². The van der Waals surface area contributed by atoms with Crippen molar-refractivity contribution in [1.82, 2.24) is 23.4 Å². The zero-order valence-electron chi connectivity index (χ0n) is 30.7. The van der Waals surface area contributed by atoms with E-state index in [1.54, 1.807) is 13.2 Å². The van der Waals surface area contributed by atoms with Crippen LogP contribution >= 0.6 is 0 Å². The van der Waals surface area contributed by atoms with Gasteiger partial charge in [-0.2, -0.15) is 12.7 Å². The molecule has 2 bridgehead atoms. The van der Waals surface area contributed by atoms with Crippen molar-refractivity contribution in [2.24, 2.45) is 16.2 Å². The molecule has 2 amide bonds. The van der Waals surface area contributed by atoms with Crippen molar-refractivity contribution < 1.29 is 27.9 Å². The van der Waals surface area contributed by atoms with Crippen LogP contribution in [0.1, 0.15) is 85.7 Å². The van der Waals surface area contributed by atoms with E-state index in [0.29, 0.717) is 32.0 Å². The van der Waals surface area contributed by atoms with Crippen LogP contribution in [0.5, 0.6) is 5.75 Å². The van der Waals surface area contributed by atoms with Crippen LogP contribution in [0.3, 0.4) is 0 Å².